The second kappa shape index (κ2) is 9.83. The molecule has 10 nitrogen and oxygen atoms in total. The maximum absolute atomic E-state index is 12.1. The molecule has 2 N–H and O–H groups in total. The second-order valence-electron chi connectivity index (χ2n) is 5.84. The third-order valence-electron chi connectivity index (χ3n) is 3.73. The van der Waals surface area contributed by atoms with Crippen molar-refractivity contribution < 1.29 is 28.8 Å². The van der Waals surface area contributed by atoms with Crippen molar-refractivity contribution in [2.45, 2.75) is 13.0 Å². The number of anilines is 1. The number of carbonyl (C=O) groups excluding carboxylic acids is 3. The van der Waals surface area contributed by atoms with Gasteiger partial charge in [0, 0.05) is 29.4 Å². The molecule has 29 heavy (non-hydrogen) atoms. The summed E-state index contributed by atoms with van der Waals surface area (Å²) < 4.78 is 10.0. The Balaban J connectivity index is 1.84. The standard InChI is InChI=1S/C19H19N3O7/c1-12(18(24)21-14-6-4-8-16(10-14)28-2)29-17(23)11-20-19(25)13-5-3-7-15(9-13)22(26)27/h3-10,12H,11H2,1-2H3,(H,20,25)(H,21,24)/t12-/m0/s1. The lowest BCUT2D eigenvalue weighted by atomic mass is 10.2. The van der Waals surface area contributed by atoms with E-state index in [0.29, 0.717) is 11.4 Å². The fourth-order valence-electron chi connectivity index (χ4n) is 2.25. The highest BCUT2D eigenvalue weighted by Gasteiger charge is 2.19. The Morgan fingerprint density at radius 3 is 2.55 bits per heavy atom. The van der Waals surface area contributed by atoms with Crippen molar-refractivity contribution in [3.63, 3.8) is 0 Å². The van der Waals surface area contributed by atoms with E-state index >= 15 is 0 Å². The van der Waals surface area contributed by atoms with E-state index in [2.05, 4.69) is 10.6 Å². The molecule has 0 aliphatic carbocycles. The van der Waals surface area contributed by atoms with Gasteiger partial charge in [0.05, 0.1) is 12.0 Å². The van der Waals surface area contributed by atoms with Crippen LogP contribution in [0.3, 0.4) is 0 Å². The van der Waals surface area contributed by atoms with Crippen LogP contribution >= 0.6 is 0 Å². The van der Waals surface area contributed by atoms with Crippen molar-refractivity contribution in [3.05, 3.63) is 64.2 Å². The largest absolute Gasteiger partial charge is 0.497 e. The highest BCUT2D eigenvalue weighted by molar-refractivity contribution is 5.97. The van der Waals surface area contributed by atoms with E-state index in [0.717, 1.165) is 6.07 Å². The zero-order valence-electron chi connectivity index (χ0n) is 15.7. The van der Waals surface area contributed by atoms with Crippen molar-refractivity contribution in [2.24, 2.45) is 0 Å². The minimum Gasteiger partial charge on any atom is -0.497 e. The van der Waals surface area contributed by atoms with Gasteiger partial charge < -0.3 is 20.1 Å². The first-order valence-corrected chi connectivity index (χ1v) is 8.47. The summed E-state index contributed by atoms with van der Waals surface area (Å²) in [6, 6.07) is 11.7. The van der Waals surface area contributed by atoms with Gasteiger partial charge in [-0.2, -0.15) is 0 Å². The van der Waals surface area contributed by atoms with Crippen LogP contribution in [0.1, 0.15) is 17.3 Å². The van der Waals surface area contributed by atoms with Crippen molar-refractivity contribution in [1.29, 1.82) is 0 Å². The molecular formula is C19H19N3O7. The molecule has 0 heterocycles. The van der Waals surface area contributed by atoms with Gasteiger partial charge in [-0.25, -0.2) is 0 Å². The summed E-state index contributed by atoms with van der Waals surface area (Å²) in [5.74, 6) is -1.52. The van der Waals surface area contributed by atoms with Gasteiger partial charge in [-0.1, -0.05) is 12.1 Å². The van der Waals surface area contributed by atoms with E-state index in [1.807, 2.05) is 0 Å². The molecule has 0 radical (unpaired) electrons. The summed E-state index contributed by atoms with van der Waals surface area (Å²) in [5.41, 5.74) is 0.245. The highest BCUT2D eigenvalue weighted by Crippen LogP contribution is 2.17. The number of nitro groups is 1. The van der Waals surface area contributed by atoms with Gasteiger partial charge in [0.2, 0.25) is 0 Å². The van der Waals surface area contributed by atoms with Gasteiger partial charge >= 0.3 is 5.97 Å². The zero-order valence-corrected chi connectivity index (χ0v) is 15.7. The first-order chi connectivity index (χ1) is 13.8. The first-order valence-electron chi connectivity index (χ1n) is 8.47. The molecule has 1 atom stereocenters. The molecule has 0 aliphatic rings. The molecular weight excluding hydrogens is 382 g/mol. The maximum Gasteiger partial charge on any atom is 0.326 e. The number of esters is 1. The molecule has 0 aliphatic heterocycles. The quantitative estimate of drug-likeness (QED) is 0.391. The number of carbonyl (C=O) groups is 3. The summed E-state index contributed by atoms with van der Waals surface area (Å²) in [7, 11) is 1.49. The Labute approximate surface area is 166 Å². The number of ether oxygens (including phenoxy) is 2. The van der Waals surface area contributed by atoms with Gasteiger partial charge in [-0.3, -0.25) is 24.5 Å². The average Bonchev–Trinajstić information content (AvgIpc) is 2.72. The molecule has 2 aromatic carbocycles. The van der Waals surface area contributed by atoms with E-state index < -0.39 is 35.4 Å². The van der Waals surface area contributed by atoms with E-state index in [1.54, 1.807) is 24.3 Å². The van der Waals surface area contributed by atoms with Gasteiger partial charge in [0.15, 0.2) is 6.10 Å². The van der Waals surface area contributed by atoms with Crippen LogP contribution in [0.5, 0.6) is 5.75 Å². The number of amides is 2. The number of methoxy groups -OCH3 is 1. The lowest BCUT2D eigenvalue weighted by Crippen LogP contribution is -2.35. The van der Waals surface area contributed by atoms with Crippen molar-refractivity contribution in [2.75, 3.05) is 19.0 Å². The van der Waals surface area contributed by atoms with Gasteiger partial charge in [0.25, 0.3) is 17.5 Å². The van der Waals surface area contributed by atoms with E-state index in [-0.39, 0.29) is 11.3 Å². The molecule has 2 amide bonds. The number of nitrogens with one attached hydrogen (secondary N) is 2. The number of hydrogen-bond donors (Lipinski definition) is 2. The predicted molar refractivity (Wildman–Crippen MR) is 103 cm³/mol. The zero-order chi connectivity index (χ0) is 21.4. The minimum atomic E-state index is -1.11. The Kier molecular flexibility index (Phi) is 7.24. The van der Waals surface area contributed by atoms with Gasteiger partial charge in [-0.05, 0) is 25.1 Å². The van der Waals surface area contributed by atoms with Crippen LogP contribution in [0, 0.1) is 10.1 Å². The van der Waals surface area contributed by atoms with Crippen molar-refractivity contribution >= 4 is 29.2 Å². The third kappa shape index (κ3) is 6.31. The predicted octanol–water partition coefficient (Wildman–Crippen LogP) is 1.90. The summed E-state index contributed by atoms with van der Waals surface area (Å²) >= 11 is 0. The average molecular weight is 401 g/mol. The monoisotopic (exact) mass is 401 g/mol. The summed E-state index contributed by atoms with van der Waals surface area (Å²) in [6.45, 7) is 0.883. The SMILES string of the molecule is COc1cccc(NC(=O)[C@H](C)OC(=O)CNC(=O)c2cccc([N+](=O)[O-])c2)c1. The molecule has 0 saturated carbocycles. The molecule has 10 heteroatoms. The molecule has 0 fully saturated rings. The van der Waals surface area contributed by atoms with Crippen LogP contribution in [-0.4, -0.2) is 42.5 Å². The van der Waals surface area contributed by atoms with E-state index in [4.69, 9.17) is 9.47 Å². The molecule has 152 valence electrons. The molecule has 0 spiro atoms. The van der Waals surface area contributed by atoms with Crippen LogP contribution in [0.15, 0.2) is 48.5 Å². The Morgan fingerprint density at radius 1 is 1.14 bits per heavy atom. The fourth-order valence-corrected chi connectivity index (χ4v) is 2.25. The lowest BCUT2D eigenvalue weighted by Gasteiger charge is -2.14. The van der Waals surface area contributed by atoms with Gasteiger partial charge in [-0.15, -0.1) is 0 Å². The highest BCUT2D eigenvalue weighted by atomic mass is 16.6. The number of rotatable bonds is 8. The number of non-ortho nitro benzene ring substituents is 1. The smallest absolute Gasteiger partial charge is 0.326 e. The topological polar surface area (TPSA) is 137 Å². The number of nitro benzene ring substituents is 1. The fraction of sp³-hybridized carbons (Fsp3) is 0.211. The van der Waals surface area contributed by atoms with Crippen molar-refractivity contribution in [1.82, 2.24) is 5.32 Å². The van der Waals surface area contributed by atoms with Crippen molar-refractivity contribution in [3.8, 4) is 5.75 Å². The summed E-state index contributed by atoms with van der Waals surface area (Å²) in [5, 5.41) is 15.6. The molecule has 0 unspecified atom stereocenters. The molecule has 2 rings (SSSR count). The van der Waals surface area contributed by atoms with E-state index in [1.165, 1.54) is 32.2 Å². The third-order valence-corrected chi connectivity index (χ3v) is 3.73. The Bertz CT molecular complexity index is 930. The minimum absolute atomic E-state index is 0.0239. The van der Waals surface area contributed by atoms with Crippen LogP contribution in [-0.2, 0) is 14.3 Å². The van der Waals surface area contributed by atoms with Crippen LogP contribution < -0.4 is 15.4 Å². The van der Waals surface area contributed by atoms with Gasteiger partial charge in [0.1, 0.15) is 12.3 Å². The van der Waals surface area contributed by atoms with Crippen LogP contribution in [0.4, 0.5) is 11.4 Å². The maximum atomic E-state index is 12.1. The summed E-state index contributed by atoms with van der Waals surface area (Å²) in [6.07, 6.45) is -1.11. The molecule has 2 aromatic rings. The van der Waals surface area contributed by atoms with E-state index in [9.17, 15) is 24.5 Å². The lowest BCUT2D eigenvalue weighted by molar-refractivity contribution is -0.384. The first kappa shape index (κ1) is 21.4. The second-order valence-corrected chi connectivity index (χ2v) is 5.84. The molecule has 0 saturated heterocycles. The summed E-state index contributed by atoms with van der Waals surface area (Å²) in [4.78, 5) is 46.1. The van der Waals surface area contributed by atoms with Crippen LogP contribution in [0.25, 0.3) is 0 Å². The number of hydrogen-bond acceptors (Lipinski definition) is 7. The van der Waals surface area contributed by atoms with Crippen LogP contribution in [0.2, 0.25) is 0 Å². The molecule has 0 aromatic heterocycles. The number of nitrogens with zero attached hydrogens (tertiary/aromatic N) is 1. The normalized spacial score (nSPS) is 11.1. The number of benzene rings is 2. The molecule has 0 bridgehead atoms. The Hall–Kier alpha value is -3.95. The Morgan fingerprint density at radius 2 is 1.86 bits per heavy atom.